The van der Waals surface area contributed by atoms with Gasteiger partial charge in [-0.1, -0.05) is 36.4 Å². The average Bonchev–Trinajstić information content (AvgIpc) is 2.77. The van der Waals surface area contributed by atoms with Gasteiger partial charge in [0.1, 0.15) is 0 Å². The van der Waals surface area contributed by atoms with Crippen molar-refractivity contribution >= 4 is 15.9 Å². The average molecular weight is 273 g/mol. The molecular formula is C13H11N3O2S. The van der Waals surface area contributed by atoms with Gasteiger partial charge in [-0.15, -0.1) is 0 Å². The van der Waals surface area contributed by atoms with Gasteiger partial charge in [0, 0.05) is 12.4 Å². The molecule has 0 aliphatic carbocycles. The number of nitrogens with one attached hydrogen (secondary N) is 1. The Hall–Kier alpha value is -2.05. The number of hydrogen-bond acceptors (Lipinski definition) is 3. The van der Waals surface area contributed by atoms with Crippen molar-refractivity contribution in [3.8, 4) is 0 Å². The molecule has 0 saturated carbocycles. The number of pyridine rings is 1. The molecule has 1 atom stereocenters. The molecule has 3 rings (SSSR count). The van der Waals surface area contributed by atoms with E-state index in [9.17, 15) is 8.42 Å². The van der Waals surface area contributed by atoms with E-state index in [4.69, 9.17) is 0 Å². The Balaban J connectivity index is 2.09. The van der Waals surface area contributed by atoms with Gasteiger partial charge in [-0.25, -0.2) is 0 Å². The third kappa shape index (κ3) is 2.40. The van der Waals surface area contributed by atoms with Crippen LogP contribution < -0.4 is 4.72 Å². The highest BCUT2D eigenvalue weighted by molar-refractivity contribution is 7.88. The van der Waals surface area contributed by atoms with Gasteiger partial charge in [-0.3, -0.25) is 4.98 Å². The fraction of sp³-hybridized carbons (Fsp3) is 0.0769. The molecule has 5 nitrogen and oxygen atoms in total. The van der Waals surface area contributed by atoms with E-state index < -0.39 is 16.3 Å². The van der Waals surface area contributed by atoms with E-state index in [2.05, 4.69) is 14.1 Å². The van der Waals surface area contributed by atoms with E-state index in [0.717, 1.165) is 11.1 Å². The Bertz CT molecular complexity index is 712. The molecule has 96 valence electrons. The highest BCUT2D eigenvalue weighted by atomic mass is 32.2. The lowest BCUT2D eigenvalue weighted by Crippen LogP contribution is -2.24. The summed E-state index contributed by atoms with van der Waals surface area (Å²) in [6.45, 7) is 0. The Morgan fingerprint density at radius 1 is 1.05 bits per heavy atom. The summed E-state index contributed by atoms with van der Waals surface area (Å²) in [7, 11) is -3.63. The molecular weight excluding hydrogens is 262 g/mol. The maximum Gasteiger partial charge on any atom is 0.321 e. The van der Waals surface area contributed by atoms with Gasteiger partial charge in [0.2, 0.25) is 0 Å². The minimum Gasteiger partial charge on any atom is -0.264 e. The standard InChI is InChI=1S/C13H11N3O2S/c17-19(18)15-12(10-5-2-1-3-6-10)13(16-19)11-7-4-8-14-9-11/h1-9,13,16H. The van der Waals surface area contributed by atoms with E-state index >= 15 is 0 Å². The second-order valence-corrected chi connectivity index (χ2v) is 5.52. The van der Waals surface area contributed by atoms with Crippen LogP contribution in [0.25, 0.3) is 0 Å². The summed E-state index contributed by atoms with van der Waals surface area (Å²) < 4.78 is 29.7. The summed E-state index contributed by atoms with van der Waals surface area (Å²) in [6.07, 6.45) is 3.28. The van der Waals surface area contributed by atoms with Crippen LogP contribution in [0.2, 0.25) is 0 Å². The summed E-state index contributed by atoms with van der Waals surface area (Å²) in [5.41, 5.74) is 2.05. The fourth-order valence-electron chi connectivity index (χ4n) is 2.01. The van der Waals surface area contributed by atoms with E-state index in [-0.39, 0.29) is 0 Å². The third-order valence-electron chi connectivity index (χ3n) is 2.85. The predicted octanol–water partition coefficient (Wildman–Crippen LogP) is 1.46. The number of benzene rings is 1. The van der Waals surface area contributed by atoms with Gasteiger partial charge in [0.05, 0.1) is 11.8 Å². The fourth-order valence-corrected chi connectivity index (χ4v) is 3.08. The minimum atomic E-state index is -3.63. The molecule has 0 radical (unpaired) electrons. The maximum absolute atomic E-state index is 11.7. The van der Waals surface area contributed by atoms with Crippen LogP contribution in [-0.4, -0.2) is 19.1 Å². The lowest BCUT2D eigenvalue weighted by atomic mass is 9.99. The first-order valence-electron chi connectivity index (χ1n) is 5.73. The zero-order valence-corrected chi connectivity index (χ0v) is 10.7. The topological polar surface area (TPSA) is 71.4 Å². The lowest BCUT2D eigenvalue weighted by Gasteiger charge is -2.12. The van der Waals surface area contributed by atoms with Crippen LogP contribution in [-0.2, 0) is 10.2 Å². The zero-order valence-electron chi connectivity index (χ0n) is 9.89. The van der Waals surface area contributed by atoms with Crippen molar-refractivity contribution in [3.05, 3.63) is 66.0 Å². The van der Waals surface area contributed by atoms with Crippen LogP contribution in [0, 0.1) is 0 Å². The Morgan fingerprint density at radius 3 is 2.53 bits per heavy atom. The SMILES string of the molecule is O=S1(=O)N=C(c2ccccc2)C(c2cccnc2)N1. The van der Waals surface area contributed by atoms with Crippen molar-refractivity contribution in [1.29, 1.82) is 0 Å². The van der Waals surface area contributed by atoms with Gasteiger partial charge in [-0.05, 0) is 17.2 Å². The van der Waals surface area contributed by atoms with Crippen LogP contribution in [0.4, 0.5) is 0 Å². The van der Waals surface area contributed by atoms with Crippen molar-refractivity contribution in [3.63, 3.8) is 0 Å². The number of nitrogens with zero attached hydrogens (tertiary/aromatic N) is 2. The third-order valence-corrected chi connectivity index (χ3v) is 3.82. The van der Waals surface area contributed by atoms with Gasteiger partial charge < -0.3 is 0 Å². The molecule has 0 fully saturated rings. The molecule has 0 amide bonds. The van der Waals surface area contributed by atoms with E-state index in [1.54, 1.807) is 18.5 Å². The molecule has 2 aromatic rings. The zero-order chi connectivity index (χ0) is 13.3. The number of hydrogen-bond donors (Lipinski definition) is 1. The predicted molar refractivity (Wildman–Crippen MR) is 72.0 cm³/mol. The van der Waals surface area contributed by atoms with Crippen LogP contribution >= 0.6 is 0 Å². The van der Waals surface area contributed by atoms with E-state index in [1.807, 2.05) is 36.4 Å². The number of rotatable bonds is 2. The first-order chi connectivity index (χ1) is 9.16. The molecule has 1 aromatic carbocycles. The van der Waals surface area contributed by atoms with Gasteiger partial charge >= 0.3 is 10.2 Å². The molecule has 0 saturated heterocycles. The largest absolute Gasteiger partial charge is 0.321 e. The van der Waals surface area contributed by atoms with Crippen molar-refractivity contribution in [1.82, 2.24) is 9.71 Å². The molecule has 2 heterocycles. The second kappa shape index (κ2) is 4.56. The highest BCUT2D eigenvalue weighted by Crippen LogP contribution is 2.25. The Morgan fingerprint density at radius 2 is 1.84 bits per heavy atom. The smallest absolute Gasteiger partial charge is 0.264 e. The molecule has 0 bridgehead atoms. The maximum atomic E-state index is 11.7. The summed E-state index contributed by atoms with van der Waals surface area (Å²) in [4.78, 5) is 4.02. The van der Waals surface area contributed by atoms with Gasteiger partial charge in [0.15, 0.2) is 0 Å². The molecule has 1 aliphatic rings. The number of aromatic nitrogens is 1. The van der Waals surface area contributed by atoms with Crippen LogP contribution in [0.15, 0.2) is 59.3 Å². The van der Waals surface area contributed by atoms with Crippen LogP contribution in [0.3, 0.4) is 0 Å². The van der Waals surface area contributed by atoms with E-state index in [0.29, 0.717) is 5.71 Å². The van der Waals surface area contributed by atoms with Crippen molar-refractivity contribution in [2.45, 2.75) is 6.04 Å². The second-order valence-electron chi connectivity index (χ2n) is 4.15. The first kappa shape index (κ1) is 12.0. The summed E-state index contributed by atoms with van der Waals surface area (Å²) in [6, 6.07) is 12.4. The molecule has 19 heavy (non-hydrogen) atoms. The first-order valence-corrected chi connectivity index (χ1v) is 7.17. The molecule has 1 N–H and O–H groups in total. The molecule has 6 heteroatoms. The molecule has 0 spiro atoms. The van der Waals surface area contributed by atoms with Crippen molar-refractivity contribution in [2.75, 3.05) is 0 Å². The summed E-state index contributed by atoms with van der Waals surface area (Å²) in [5, 5.41) is 0. The molecule has 1 unspecified atom stereocenters. The lowest BCUT2D eigenvalue weighted by molar-refractivity contribution is 0.585. The quantitative estimate of drug-likeness (QED) is 0.900. The van der Waals surface area contributed by atoms with Crippen molar-refractivity contribution in [2.24, 2.45) is 4.40 Å². The van der Waals surface area contributed by atoms with E-state index in [1.165, 1.54) is 0 Å². The van der Waals surface area contributed by atoms with Crippen LogP contribution in [0.5, 0.6) is 0 Å². The van der Waals surface area contributed by atoms with Crippen molar-refractivity contribution < 1.29 is 8.42 Å². The summed E-state index contributed by atoms with van der Waals surface area (Å²) >= 11 is 0. The molecule has 1 aromatic heterocycles. The Labute approximate surface area is 111 Å². The van der Waals surface area contributed by atoms with Crippen LogP contribution in [0.1, 0.15) is 17.2 Å². The van der Waals surface area contributed by atoms with Gasteiger partial charge in [0.25, 0.3) is 0 Å². The minimum absolute atomic E-state index is 0.485. The normalized spacial score (nSPS) is 21.1. The van der Waals surface area contributed by atoms with Gasteiger partial charge in [-0.2, -0.15) is 17.5 Å². The highest BCUT2D eigenvalue weighted by Gasteiger charge is 2.32. The Kier molecular flexibility index (Phi) is 2.88. The monoisotopic (exact) mass is 273 g/mol. The molecule has 1 aliphatic heterocycles. The summed E-state index contributed by atoms with van der Waals surface area (Å²) in [5.74, 6) is 0.